The van der Waals surface area contributed by atoms with Crippen LogP contribution in [0.25, 0.3) is 0 Å². The van der Waals surface area contributed by atoms with Gasteiger partial charge in [-0.05, 0) is 24.2 Å². The maximum Gasteiger partial charge on any atom is 0.253 e. The highest BCUT2D eigenvalue weighted by Crippen LogP contribution is 2.11. The second kappa shape index (κ2) is 5.98. The maximum absolute atomic E-state index is 12.3. The van der Waals surface area contributed by atoms with Crippen molar-refractivity contribution in [1.82, 2.24) is 9.80 Å². The summed E-state index contributed by atoms with van der Waals surface area (Å²) in [6, 6.07) is 7.23. The van der Waals surface area contributed by atoms with Crippen LogP contribution >= 0.6 is 0 Å². The first-order valence-corrected chi connectivity index (χ1v) is 6.46. The first-order valence-electron chi connectivity index (χ1n) is 6.46. The summed E-state index contributed by atoms with van der Waals surface area (Å²) in [6.07, 6.45) is 0. The summed E-state index contributed by atoms with van der Waals surface area (Å²) in [4.78, 5) is 16.5. The van der Waals surface area contributed by atoms with E-state index in [-0.39, 0.29) is 12.5 Å². The van der Waals surface area contributed by atoms with Gasteiger partial charge >= 0.3 is 0 Å². The molecule has 4 nitrogen and oxygen atoms in total. The topological polar surface area (TPSA) is 43.8 Å². The monoisotopic (exact) mass is 248 g/mol. The number of hydrogen-bond donors (Lipinski definition) is 1. The van der Waals surface area contributed by atoms with E-state index in [0.29, 0.717) is 5.56 Å². The van der Waals surface area contributed by atoms with Crippen LogP contribution in [-0.4, -0.2) is 53.5 Å². The number of aliphatic hydroxyl groups excluding tert-OH is 1. The third-order valence-electron chi connectivity index (χ3n) is 3.46. The largest absolute Gasteiger partial charge is 0.392 e. The number of rotatable bonds is 3. The Kier molecular flexibility index (Phi) is 4.33. The summed E-state index contributed by atoms with van der Waals surface area (Å²) in [6.45, 7) is 6.63. The fourth-order valence-corrected chi connectivity index (χ4v) is 2.25. The van der Waals surface area contributed by atoms with Gasteiger partial charge in [0, 0.05) is 31.7 Å². The molecular formula is C14H20N2O2. The average Bonchev–Trinajstić information content (AvgIpc) is 2.46. The van der Waals surface area contributed by atoms with Crippen LogP contribution in [0.15, 0.2) is 24.3 Å². The zero-order chi connectivity index (χ0) is 13.0. The van der Waals surface area contributed by atoms with Gasteiger partial charge in [-0.25, -0.2) is 0 Å². The number of piperazine rings is 1. The van der Waals surface area contributed by atoms with Crippen LogP contribution in [0, 0.1) is 0 Å². The molecule has 0 bridgehead atoms. The summed E-state index contributed by atoms with van der Waals surface area (Å²) in [5.74, 6) is 0.0704. The van der Waals surface area contributed by atoms with Gasteiger partial charge in [-0.2, -0.15) is 0 Å². The zero-order valence-electron chi connectivity index (χ0n) is 10.8. The van der Waals surface area contributed by atoms with Crippen LogP contribution in [0.3, 0.4) is 0 Å². The molecule has 0 unspecified atom stereocenters. The van der Waals surface area contributed by atoms with Gasteiger partial charge in [-0.15, -0.1) is 0 Å². The number of amides is 1. The minimum absolute atomic E-state index is 0.0231. The molecule has 98 valence electrons. The molecule has 1 saturated heterocycles. The molecule has 0 atom stereocenters. The smallest absolute Gasteiger partial charge is 0.253 e. The number of aliphatic hydroxyl groups is 1. The molecule has 1 aliphatic heterocycles. The minimum atomic E-state index is -0.0231. The quantitative estimate of drug-likeness (QED) is 0.866. The zero-order valence-corrected chi connectivity index (χ0v) is 10.8. The summed E-state index contributed by atoms with van der Waals surface area (Å²) < 4.78 is 0. The molecule has 1 N–H and O–H groups in total. The SMILES string of the molecule is CCN1CCN(C(=O)c2cccc(CO)c2)CC1. The molecule has 1 aromatic rings. The highest BCUT2D eigenvalue weighted by molar-refractivity contribution is 5.94. The van der Waals surface area contributed by atoms with Crippen molar-refractivity contribution in [3.05, 3.63) is 35.4 Å². The van der Waals surface area contributed by atoms with Gasteiger partial charge in [0.25, 0.3) is 5.91 Å². The lowest BCUT2D eigenvalue weighted by Gasteiger charge is -2.34. The number of likely N-dealkylation sites (N-methyl/N-ethyl adjacent to an activating group) is 1. The summed E-state index contributed by atoms with van der Waals surface area (Å²) >= 11 is 0. The van der Waals surface area contributed by atoms with E-state index < -0.39 is 0 Å². The van der Waals surface area contributed by atoms with Gasteiger partial charge in [0.05, 0.1) is 6.61 Å². The molecule has 4 heteroatoms. The predicted molar refractivity (Wildman–Crippen MR) is 70.4 cm³/mol. The maximum atomic E-state index is 12.3. The van der Waals surface area contributed by atoms with Gasteiger partial charge in [-0.1, -0.05) is 19.1 Å². The van der Waals surface area contributed by atoms with Gasteiger partial charge in [-0.3, -0.25) is 4.79 Å². The second-order valence-electron chi connectivity index (χ2n) is 4.58. The van der Waals surface area contributed by atoms with E-state index in [0.717, 1.165) is 38.3 Å². The lowest BCUT2D eigenvalue weighted by atomic mass is 10.1. The second-order valence-corrected chi connectivity index (χ2v) is 4.58. The van der Waals surface area contributed by atoms with Crippen molar-refractivity contribution in [2.24, 2.45) is 0 Å². The Morgan fingerprint density at radius 1 is 1.28 bits per heavy atom. The summed E-state index contributed by atoms with van der Waals surface area (Å²) in [5.41, 5.74) is 1.46. The number of carbonyl (C=O) groups is 1. The first-order chi connectivity index (χ1) is 8.74. The Labute approximate surface area is 108 Å². The molecular weight excluding hydrogens is 228 g/mol. The standard InChI is InChI=1S/C14H20N2O2/c1-2-15-6-8-16(9-7-15)14(18)13-5-3-4-12(10-13)11-17/h3-5,10,17H,2,6-9,11H2,1H3. The van der Waals surface area contributed by atoms with E-state index in [1.54, 1.807) is 6.07 Å². The highest BCUT2D eigenvalue weighted by atomic mass is 16.3. The molecule has 0 radical (unpaired) electrons. The fraction of sp³-hybridized carbons (Fsp3) is 0.500. The summed E-state index contributed by atoms with van der Waals surface area (Å²) in [7, 11) is 0. The molecule has 1 heterocycles. The van der Waals surface area contributed by atoms with Crippen LogP contribution < -0.4 is 0 Å². The van der Waals surface area contributed by atoms with E-state index in [2.05, 4.69) is 11.8 Å². The Bertz CT molecular complexity index is 412. The number of hydrogen-bond acceptors (Lipinski definition) is 3. The van der Waals surface area contributed by atoms with Gasteiger partial charge in [0.2, 0.25) is 0 Å². The molecule has 0 aliphatic carbocycles. The molecule has 18 heavy (non-hydrogen) atoms. The molecule has 1 amide bonds. The van der Waals surface area contributed by atoms with Crippen LogP contribution in [0.4, 0.5) is 0 Å². The minimum Gasteiger partial charge on any atom is -0.392 e. The number of nitrogens with zero attached hydrogens (tertiary/aromatic N) is 2. The van der Waals surface area contributed by atoms with Crippen molar-refractivity contribution in [2.45, 2.75) is 13.5 Å². The Balaban J connectivity index is 2.03. The van der Waals surface area contributed by atoms with Gasteiger partial charge in [0.15, 0.2) is 0 Å². The Morgan fingerprint density at radius 3 is 2.61 bits per heavy atom. The van der Waals surface area contributed by atoms with E-state index in [9.17, 15) is 4.79 Å². The van der Waals surface area contributed by atoms with Crippen molar-refractivity contribution in [3.63, 3.8) is 0 Å². The average molecular weight is 248 g/mol. The van der Waals surface area contributed by atoms with Crippen molar-refractivity contribution in [2.75, 3.05) is 32.7 Å². The van der Waals surface area contributed by atoms with Crippen LogP contribution in [0.5, 0.6) is 0 Å². The molecule has 2 rings (SSSR count). The van der Waals surface area contributed by atoms with Crippen molar-refractivity contribution in [1.29, 1.82) is 0 Å². The molecule has 0 spiro atoms. The van der Waals surface area contributed by atoms with Crippen molar-refractivity contribution in [3.8, 4) is 0 Å². The normalized spacial score (nSPS) is 16.9. The van der Waals surface area contributed by atoms with Gasteiger partial charge < -0.3 is 14.9 Å². The molecule has 1 fully saturated rings. The lowest BCUT2D eigenvalue weighted by Crippen LogP contribution is -2.48. The van der Waals surface area contributed by atoms with Crippen LogP contribution in [0.1, 0.15) is 22.8 Å². The number of carbonyl (C=O) groups excluding carboxylic acids is 1. The highest BCUT2D eigenvalue weighted by Gasteiger charge is 2.21. The van der Waals surface area contributed by atoms with Crippen LogP contribution in [-0.2, 0) is 6.61 Å². The Hall–Kier alpha value is -1.39. The fourth-order valence-electron chi connectivity index (χ4n) is 2.25. The van der Waals surface area contributed by atoms with Crippen molar-refractivity contribution >= 4 is 5.91 Å². The lowest BCUT2D eigenvalue weighted by molar-refractivity contribution is 0.0643. The van der Waals surface area contributed by atoms with Gasteiger partial charge in [0.1, 0.15) is 0 Å². The van der Waals surface area contributed by atoms with E-state index in [4.69, 9.17) is 5.11 Å². The van der Waals surface area contributed by atoms with E-state index in [1.807, 2.05) is 23.1 Å². The third-order valence-corrected chi connectivity index (χ3v) is 3.46. The van der Waals surface area contributed by atoms with E-state index in [1.165, 1.54) is 0 Å². The molecule has 0 aromatic heterocycles. The van der Waals surface area contributed by atoms with Crippen molar-refractivity contribution < 1.29 is 9.90 Å². The third kappa shape index (κ3) is 2.89. The number of benzene rings is 1. The Morgan fingerprint density at radius 2 is 2.00 bits per heavy atom. The van der Waals surface area contributed by atoms with Crippen LogP contribution in [0.2, 0.25) is 0 Å². The van der Waals surface area contributed by atoms with E-state index >= 15 is 0 Å². The molecule has 1 aliphatic rings. The predicted octanol–water partition coefficient (Wildman–Crippen LogP) is 0.957. The molecule has 1 aromatic carbocycles. The summed E-state index contributed by atoms with van der Waals surface area (Å²) in [5, 5.41) is 9.09. The first kappa shape index (κ1) is 13.1. The molecule has 0 saturated carbocycles.